The van der Waals surface area contributed by atoms with Crippen LogP contribution in [0.3, 0.4) is 0 Å². The quantitative estimate of drug-likeness (QED) is 0.919. The molecule has 2 heterocycles. The molecular weight excluding hydrogens is 283 g/mol. The lowest BCUT2D eigenvalue weighted by molar-refractivity contribution is 0.151. The molecule has 1 unspecified atom stereocenters. The van der Waals surface area contributed by atoms with E-state index in [9.17, 15) is 4.39 Å². The first-order valence-electron chi connectivity index (χ1n) is 7.84. The average molecular weight is 306 g/mol. The molecule has 1 saturated heterocycles. The smallest absolute Gasteiger partial charge is 0.295 e. The molecule has 1 aliphatic rings. The third-order valence-electron chi connectivity index (χ3n) is 4.19. The predicted molar refractivity (Wildman–Crippen MR) is 85.6 cm³/mol. The largest absolute Gasteiger partial charge is 0.424 e. The van der Waals surface area contributed by atoms with E-state index in [0.717, 1.165) is 39.1 Å². The Hall–Kier alpha value is -1.66. The molecule has 0 saturated carbocycles. The van der Waals surface area contributed by atoms with Gasteiger partial charge < -0.3 is 19.5 Å². The minimum atomic E-state index is -0.296. The molecule has 0 amide bonds. The van der Waals surface area contributed by atoms with Gasteiger partial charge in [-0.15, -0.1) is 0 Å². The summed E-state index contributed by atoms with van der Waals surface area (Å²) in [5, 5.41) is 3.26. The maximum Gasteiger partial charge on any atom is 0.295 e. The van der Waals surface area contributed by atoms with Crippen molar-refractivity contribution in [2.75, 3.05) is 45.1 Å². The van der Waals surface area contributed by atoms with Crippen molar-refractivity contribution in [3.8, 4) is 0 Å². The molecule has 22 heavy (non-hydrogen) atoms. The van der Waals surface area contributed by atoms with Crippen LogP contribution in [0.4, 0.5) is 10.4 Å². The van der Waals surface area contributed by atoms with E-state index >= 15 is 0 Å². The summed E-state index contributed by atoms with van der Waals surface area (Å²) < 4.78 is 18.7. The maximum atomic E-state index is 13.2. The summed E-state index contributed by atoms with van der Waals surface area (Å²) in [6.07, 6.45) is 1.02. The van der Waals surface area contributed by atoms with Crippen LogP contribution in [0.1, 0.15) is 13.3 Å². The van der Waals surface area contributed by atoms with Crippen LogP contribution in [0, 0.1) is 5.82 Å². The van der Waals surface area contributed by atoms with Crippen LogP contribution in [0.5, 0.6) is 0 Å². The Morgan fingerprint density at radius 1 is 1.32 bits per heavy atom. The fourth-order valence-electron chi connectivity index (χ4n) is 2.69. The van der Waals surface area contributed by atoms with E-state index in [1.807, 2.05) is 0 Å². The van der Waals surface area contributed by atoms with Gasteiger partial charge in [-0.05, 0) is 32.5 Å². The number of rotatable bonds is 5. The molecule has 0 bridgehead atoms. The van der Waals surface area contributed by atoms with Crippen LogP contribution in [-0.2, 0) is 0 Å². The van der Waals surface area contributed by atoms with Crippen molar-refractivity contribution in [3.63, 3.8) is 0 Å². The summed E-state index contributed by atoms with van der Waals surface area (Å²) in [5.41, 5.74) is 1.16. The van der Waals surface area contributed by atoms with Crippen LogP contribution < -0.4 is 5.32 Å². The number of halogens is 1. The van der Waals surface area contributed by atoms with Crippen LogP contribution in [0.25, 0.3) is 11.1 Å². The summed E-state index contributed by atoms with van der Waals surface area (Å²) in [6.45, 7) is 7.72. The summed E-state index contributed by atoms with van der Waals surface area (Å²) >= 11 is 0. The molecule has 0 radical (unpaired) electrons. The van der Waals surface area contributed by atoms with Gasteiger partial charge in [-0.25, -0.2) is 4.39 Å². The number of nitrogens with zero attached hydrogens (tertiary/aromatic N) is 3. The normalized spacial score (nSPS) is 18.7. The molecule has 2 aromatic rings. The SMILES string of the molecule is CC(CCN1CCN(C)CC1)Nc1nc2cc(F)ccc2o1. The second kappa shape index (κ2) is 6.62. The molecule has 1 aromatic carbocycles. The van der Waals surface area contributed by atoms with Gasteiger partial charge in [0.15, 0.2) is 5.58 Å². The highest BCUT2D eigenvalue weighted by Gasteiger charge is 2.15. The van der Waals surface area contributed by atoms with Crippen molar-refractivity contribution in [2.24, 2.45) is 0 Å². The van der Waals surface area contributed by atoms with Gasteiger partial charge in [0.2, 0.25) is 0 Å². The zero-order valence-electron chi connectivity index (χ0n) is 13.2. The van der Waals surface area contributed by atoms with Crippen molar-refractivity contribution in [1.82, 2.24) is 14.8 Å². The van der Waals surface area contributed by atoms with Gasteiger partial charge in [-0.3, -0.25) is 0 Å². The molecule has 1 aliphatic heterocycles. The molecule has 1 aromatic heterocycles. The second-order valence-electron chi connectivity index (χ2n) is 6.11. The van der Waals surface area contributed by atoms with Crippen molar-refractivity contribution in [2.45, 2.75) is 19.4 Å². The third-order valence-corrected chi connectivity index (χ3v) is 4.19. The summed E-state index contributed by atoms with van der Waals surface area (Å²) in [6, 6.07) is 5.11. The van der Waals surface area contributed by atoms with Crippen molar-refractivity contribution in [1.29, 1.82) is 0 Å². The lowest BCUT2D eigenvalue weighted by atomic mass is 10.2. The standard InChI is InChI=1S/C16H23FN4O/c1-12(5-6-21-9-7-20(2)8-10-21)18-16-19-14-11-13(17)3-4-15(14)22-16/h3-4,11-12H,5-10H2,1-2H3,(H,18,19). The van der Waals surface area contributed by atoms with Crippen LogP contribution in [0.2, 0.25) is 0 Å². The molecule has 1 atom stereocenters. The molecule has 1 fully saturated rings. The van der Waals surface area contributed by atoms with Crippen molar-refractivity contribution < 1.29 is 8.81 Å². The number of fused-ring (bicyclic) bond motifs is 1. The number of anilines is 1. The monoisotopic (exact) mass is 306 g/mol. The first kappa shape index (κ1) is 15.2. The topological polar surface area (TPSA) is 44.5 Å². The van der Waals surface area contributed by atoms with Crippen LogP contribution in [-0.4, -0.2) is 60.6 Å². The first-order valence-corrected chi connectivity index (χ1v) is 7.84. The van der Waals surface area contributed by atoms with Gasteiger partial charge in [-0.1, -0.05) is 0 Å². The van der Waals surface area contributed by atoms with E-state index in [0.29, 0.717) is 17.1 Å². The third kappa shape index (κ3) is 3.75. The predicted octanol–water partition coefficient (Wildman–Crippen LogP) is 2.40. The Kier molecular flexibility index (Phi) is 4.59. The van der Waals surface area contributed by atoms with E-state index in [4.69, 9.17) is 4.42 Å². The molecule has 120 valence electrons. The van der Waals surface area contributed by atoms with E-state index < -0.39 is 0 Å². The molecular formula is C16H23FN4O. The van der Waals surface area contributed by atoms with E-state index in [-0.39, 0.29) is 11.9 Å². The molecule has 3 rings (SSSR count). The Labute approximate surface area is 130 Å². The highest BCUT2D eigenvalue weighted by molar-refractivity contribution is 5.74. The molecule has 1 N–H and O–H groups in total. The van der Waals surface area contributed by atoms with Crippen molar-refractivity contribution in [3.05, 3.63) is 24.0 Å². The zero-order chi connectivity index (χ0) is 15.5. The summed E-state index contributed by atoms with van der Waals surface area (Å²) in [5.74, 6) is -0.296. The number of oxazole rings is 1. The minimum absolute atomic E-state index is 0.262. The number of nitrogens with one attached hydrogen (secondary N) is 1. The number of piperazine rings is 1. The Morgan fingerprint density at radius 2 is 2.09 bits per heavy atom. The van der Waals surface area contributed by atoms with Crippen LogP contribution >= 0.6 is 0 Å². The number of benzene rings is 1. The Morgan fingerprint density at radius 3 is 2.86 bits per heavy atom. The van der Waals surface area contributed by atoms with Gasteiger partial charge in [-0.2, -0.15) is 4.98 Å². The van der Waals surface area contributed by atoms with Gasteiger partial charge in [0.25, 0.3) is 6.01 Å². The molecule has 5 nitrogen and oxygen atoms in total. The van der Waals surface area contributed by atoms with Gasteiger partial charge in [0.05, 0.1) is 0 Å². The zero-order valence-corrected chi connectivity index (χ0v) is 13.2. The van der Waals surface area contributed by atoms with Gasteiger partial charge in [0, 0.05) is 44.8 Å². The van der Waals surface area contributed by atoms with E-state index in [1.165, 1.54) is 12.1 Å². The number of likely N-dealkylation sites (N-methyl/N-ethyl adjacent to an activating group) is 1. The molecule has 0 spiro atoms. The van der Waals surface area contributed by atoms with Gasteiger partial charge in [0.1, 0.15) is 11.3 Å². The number of hydrogen-bond donors (Lipinski definition) is 1. The molecule has 6 heteroatoms. The second-order valence-corrected chi connectivity index (χ2v) is 6.11. The lowest BCUT2D eigenvalue weighted by Gasteiger charge is -2.32. The van der Waals surface area contributed by atoms with Crippen LogP contribution in [0.15, 0.2) is 22.6 Å². The first-order chi connectivity index (χ1) is 10.6. The molecule has 0 aliphatic carbocycles. The minimum Gasteiger partial charge on any atom is -0.424 e. The fourth-order valence-corrected chi connectivity index (χ4v) is 2.69. The summed E-state index contributed by atoms with van der Waals surface area (Å²) in [4.78, 5) is 9.12. The fraction of sp³-hybridized carbons (Fsp3) is 0.562. The van der Waals surface area contributed by atoms with E-state index in [2.05, 4.69) is 34.1 Å². The van der Waals surface area contributed by atoms with Crippen molar-refractivity contribution >= 4 is 17.1 Å². The number of hydrogen-bond acceptors (Lipinski definition) is 5. The Bertz CT molecular complexity index is 622. The Balaban J connectivity index is 1.51. The van der Waals surface area contributed by atoms with E-state index in [1.54, 1.807) is 6.07 Å². The van der Waals surface area contributed by atoms with Gasteiger partial charge >= 0.3 is 0 Å². The lowest BCUT2D eigenvalue weighted by Crippen LogP contribution is -2.45. The number of aromatic nitrogens is 1. The highest BCUT2D eigenvalue weighted by atomic mass is 19.1. The maximum absolute atomic E-state index is 13.2. The summed E-state index contributed by atoms with van der Waals surface area (Å²) in [7, 11) is 2.16. The highest BCUT2D eigenvalue weighted by Crippen LogP contribution is 2.20. The average Bonchev–Trinajstić information content (AvgIpc) is 2.88.